The fourth-order valence-corrected chi connectivity index (χ4v) is 2.71. The second-order valence-electron chi connectivity index (χ2n) is 5.63. The van der Waals surface area contributed by atoms with Gasteiger partial charge in [-0.15, -0.1) is 12.4 Å². The Kier molecular flexibility index (Phi) is 13.2. The lowest BCUT2D eigenvalue weighted by Gasteiger charge is -2.15. The van der Waals surface area contributed by atoms with Gasteiger partial charge in [-0.2, -0.15) is 0 Å². The molecule has 0 unspecified atom stereocenters. The highest BCUT2D eigenvalue weighted by Crippen LogP contribution is 2.25. The van der Waals surface area contributed by atoms with Gasteiger partial charge in [0.05, 0.1) is 35.7 Å². The minimum absolute atomic E-state index is 0. The molecule has 1 aromatic carbocycles. The van der Waals surface area contributed by atoms with Crippen molar-refractivity contribution in [3.8, 4) is 0 Å². The molecular formula is C21H28ClNO6. The number of halogens is 1. The Morgan fingerprint density at radius 2 is 1.31 bits per heavy atom. The highest BCUT2D eigenvalue weighted by Gasteiger charge is 2.25. The van der Waals surface area contributed by atoms with E-state index in [2.05, 4.69) is 4.98 Å². The fraction of sp³-hybridized carbons (Fsp3) is 0.286. The van der Waals surface area contributed by atoms with Crippen molar-refractivity contribution in [2.45, 2.75) is 27.7 Å². The van der Waals surface area contributed by atoms with E-state index in [9.17, 15) is 9.59 Å². The van der Waals surface area contributed by atoms with E-state index < -0.39 is 11.9 Å². The van der Waals surface area contributed by atoms with E-state index in [-0.39, 0.29) is 47.7 Å². The summed E-state index contributed by atoms with van der Waals surface area (Å²) in [7, 11) is 0. The van der Waals surface area contributed by atoms with Crippen LogP contribution in [0.2, 0.25) is 0 Å². The molecule has 0 bridgehead atoms. The number of benzene rings is 1. The first kappa shape index (κ1) is 28.5. The normalized spacial score (nSPS) is 9.66. The van der Waals surface area contributed by atoms with Gasteiger partial charge in [0.2, 0.25) is 0 Å². The molecule has 0 aliphatic carbocycles. The number of hydrogen-bond donors (Lipinski definition) is 0. The van der Waals surface area contributed by atoms with Crippen LogP contribution in [0.5, 0.6) is 0 Å². The SMILES string of the molecule is CCOC(=O)c1c(C)nc(C)c(C(=O)OCC)c1/C=C/c1ccccc1.Cl.O.O. The Balaban J connectivity index is 0. The van der Waals surface area contributed by atoms with Gasteiger partial charge in [-0.05, 0) is 33.3 Å². The molecule has 29 heavy (non-hydrogen) atoms. The molecule has 2 rings (SSSR count). The lowest BCUT2D eigenvalue weighted by atomic mass is 9.97. The number of carbonyl (C=O) groups excluding carboxylic acids is 2. The van der Waals surface area contributed by atoms with Gasteiger partial charge in [0, 0.05) is 5.56 Å². The van der Waals surface area contributed by atoms with Crippen LogP contribution < -0.4 is 0 Å². The van der Waals surface area contributed by atoms with Gasteiger partial charge in [-0.3, -0.25) is 4.98 Å². The third-order valence-electron chi connectivity index (χ3n) is 3.80. The molecule has 8 heteroatoms. The quantitative estimate of drug-likeness (QED) is 0.657. The first-order chi connectivity index (χ1) is 12.5. The van der Waals surface area contributed by atoms with Crippen LogP contribution in [0.1, 0.15) is 57.1 Å². The number of hydrogen-bond acceptors (Lipinski definition) is 5. The molecule has 0 atom stereocenters. The Bertz CT molecular complexity index is 795. The van der Waals surface area contributed by atoms with Crippen molar-refractivity contribution in [2.75, 3.05) is 13.2 Å². The van der Waals surface area contributed by atoms with Crippen molar-refractivity contribution in [3.05, 3.63) is 64.0 Å². The summed E-state index contributed by atoms with van der Waals surface area (Å²) in [6.45, 7) is 7.41. The molecular weight excluding hydrogens is 398 g/mol. The third-order valence-corrected chi connectivity index (χ3v) is 3.80. The zero-order valence-corrected chi connectivity index (χ0v) is 17.8. The first-order valence-electron chi connectivity index (χ1n) is 8.58. The highest BCUT2D eigenvalue weighted by atomic mass is 35.5. The molecule has 7 nitrogen and oxygen atoms in total. The van der Waals surface area contributed by atoms with Crippen molar-refractivity contribution in [1.82, 2.24) is 4.98 Å². The molecule has 0 amide bonds. The van der Waals surface area contributed by atoms with Crippen molar-refractivity contribution in [3.63, 3.8) is 0 Å². The van der Waals surface area contributed by atoms with Gasteiger partial charge in [0.25, 0.3) is 0 Å². The molecule has 0 aliphatic rings. The predicted octanol–water partition coefficient (Wildman–Crippen LogP) is 2.99. The number of aryl methyl sites for hydroxylation is 2. The van der Waals surface area contributed by atoms with Crippen LogP contribution in [-0.2, 0) is 9.47 Å². The maximum absolute atomic E-state index is 12.5. The van der Waals surface area contributed by atoms with Gasteiger partial charge in [0.15, 0.2) is 0 Å². The summed E-state index contributed by atoms with van der Waals surface area (Å²) in [5.41, 5.74) is 3.02. The number of ether oxygens (including phenoxy) is 2. The first-order valence-corrected chi connectivity index (χ1v) is 8.58. The van der Waals surface area contributed by atoms with Crippen LogP contribution >= 0.6 is 12.4 Å². The number of rotatable bonds is 6. The molecule has 0 saturated carbocycles. The van der Waals surface area contributed by atoms with E-state index in [1.165, 1.54) is 0 Å². The fourth-order valence-electron chi connectivity index (χ4n) is 2.71. The zero-order valence-electron chi connectivity index (χ0n) is 16.9. The van der Waals surface area contributed by atoms with Gasteiger partial charge >= 0.3 is 11.9 Å². The second kappa shape index (κ2) is 13.4. The Morgan fingerprint density at radius 3 is 1.72 bits per heavy atom. The average molecular weight is 426 g/mol. The summed E-state index contributed by atoms with van der Waals surface area (Å²) in [4.78, 5) is 29.3. The number of nitrogens with zero attached hydrogens (tertiary/aromatic N) is 1. The molecule has 1 heterocycles. The van der Waals surface area contributed by atoms with E-state index >= 15 is 0 Å². The molecule has 0 fully saturated rings. The largest absolute Gasteiger partial charge is 0.462 e. The highest BCUT2D eigenvalue weighted by molar-refractivity contribution is 6.03. The minimum atomic E-state index is -0.504. The van der Waals surface area contributed by atoms with Crippen LogP contribution in [0.3, 0.4) is 0 Å². The van der Waals surface area contributed by atoms with E-state index in [4.69, 9.17) is 9.47 Å². The number of esters is 2. The topological polar surface area (TPSA) is 128 Å². The lowest BCUT2D eigenvalue weighted by Crippen LogP contribution is -2.17. The Morgan fingerprint density at radius 1 is 0.862 bits per heavy atom. The van der Waals surface area contributed by atoms with Crippen LogP contribution in [0, 0.1) is 13.8 Å². The van der Waals surface area contributed by atoms with Crippen molar-refractivity contribution in [1.29, 1.82) is 0 Å². The maximum Gasteiger partial charge on any atom is 0.340 e. The van der Waals surface area contributed by atoms with Gasteiger partial charge < -0.3 is 20.4 Å². The number of carbonyl (C=O) groups is 2. The smallest absolute Gasteiger partial charge is 0.340 e. The van der Waals surface area contributed by atoms with E-state index in [0.717, 1.165) is 5.56 Å². The van der Waals surface area contributed by atoms with Gasteiger partial charge in [0.1, 0.15) is 0 Å². The summed E-state index contributed by atoms with van der Waals surface area (Å²) >= 11 is 0. The Labute approximate surface area is 176 Å². The van der Waals surface area contributed by atoms with Crippen LogP contribution in [0.4, 0.5) is 0 Å². The molecule has 0 radical (unpaired) electrons. The number of pyridine rings is 1. The van der Waals surface area contributed by atoms with Crippen LogP contribution in [0.25, 0.3) is 12.2 Å². The van der Waals surface area contributed by atoms with Gasteiger partial charge in [-0.25, -0.2) is 9.59 Å². The van der Waals surface area contributed by atoms with Crippen molar-refractivity contribution < 1.29 is 30.0 Å². The van der Waals surface area contributed by atoms with Crippen molar-refractivity contribution in [2.24, 2.45) is 0 Å². The standard InChI is InChI=1S/C21H23NO4.ClH.2H2O/c1-5-25-20(23)18-14(3)22-15(4)19(21(24)26-6-2)17(18)13-12-16-10-8-7-9-11-16;;;/h7-13H,5-6H2,1-4H3;1H;2*1H2/b13-12+;;;. The molecule has 0 spiro atoms. The molecule has 0 aliphatic heterocycles. The molecule has 1 aromatic heterocycles. The lowest BCUT2D eigenvalue weighted by molar-refractivity contribution is 0.0522. The summed E-state index contributed by atoms with van der Waals surface area (Å²) in [6.07, 6.45) is 3.59. The zero-order chi connectivity index (χ0) is 19.1. The van der Waals surface area contributed by atoms with Crippen molar-refractivity contribution >= 4 is 36.5 Å². The molecule has 160 valence electrons. The average Bonchev–Trinajstić information content (AvgIpc) is 2.60. The van der Waals surface area contributed by atoms with E-state index in [1.54, 1.807) is 33.8 Å². The second-order valence-corrected chi connectivity index (χ2v) is 5.63. The summed E-state index contributed by atoms with van der Waals surface area (Å²) in [5, 5.41) is 0. The molecule has 0 saturated heterocycles. The van der Waals surface area contributed by atoms with E-state index in [1.807, 2.05) is 36.4 Å². The summed E-state index contributed by atoms with van der Waals surface area (Å²) in [5.74, 6) is -1.01. The van der Waals surface area contributed by atoms with Crippen LogP contribution in [-0.4, -0.2) is 41.1 Å². The predicted molar refractivity (Wildman–Crippen MR) is 115 cm³/mol. The van der Waals surface area contributed by atoms with E-state index in [0.29, 0.717) is 17.0 Å². The molecule has 4 N–H and O–H groups in total. The summed E-state index contributed by atoms with van der Waals surface area (Å²) in [6, 6.07) is 9.63. The third kappa shape index (κ3) is 6.98. The van der Waals surface area contributed by atoms with Crippen LogP contribution in [0.15, 0.2) is 30.3 Å². The maximum atomic E-state index is 12.5. The monoisotopic (exact) mass is 425 g/mol. The van der Waals surface area contributed by atoms with Gasteiger partial charge in [-0.1, -0.05) is 42.5 Å². The number of aromatic nitrogens is 1. The summed E-state index contributed by atoms with van der Waals surface area (Å²) < 4.78 is 10.3. The molecule has 2 aromatic rings. The Hall–Kier alpha value is -2.74. The minimum Gasteiger partial charge on any atom is -0.462 e.